The van der Waals surface area contributed by atoms with E-state index >= 15 is 0 Å². The fourth-order valence-corrected chi connectivity index (χ4v) is 1.81. The van der Waals surface area contributed by atoms with Crippen molar-refractivity contribution >= 4 is 11.9 Å². The third-order valence-electron chi connectivity index (χ3n) is 2.99. The Morgan fingerprint density at radius 3 is 2.88 bits per heavy atom. The van der Waals surface area contributed by atoms with Crippen LogP contribution in [0.5, 0.6) is 0 Å². The van der Waals surface area contributed by atoms with Gasteiger partial charge in [-0.25, -0.2) is 4.79 Å². The van der Waals surface area contributed by atoms with Gasteiger partial charge in [0.05, 0.1) is 7.11 Å². The second-order valence-electron chi connectivity index (χ2n) is 4.66. The van der Waals surface area contributed by atoms with E-state index in [1.807, 2.05) is 0 Å². The average molecular weight is 244 g/mol. The van der Waals surface area contributed by atoms with Crippen LogP contribution in [-0.4, -0.2) is 60.8 Å². The maximum atomic E-state index is 11.3. The molecule has 0 aromatic rings. The Morgan fingerprint density at radius 2 is 2.35 bits per heavy atom. The highest BCUT2D eigenvalue weighted by Gasteiger charge is 2.33. The van der Waals surface area contributed by atoms with Gasteiger partial charge in [-0.3, -0.25) is 4.79 Å². The zero-order chi connectivity index (χ0) is 13.1. The smallest absolute Gasteiger partial charge is 0.338 e. The van der Waals surface area contributed by atoms with Gasteiger partial charge in [0.15, 0.2) is 5.60 Å². The van der Waals surface area contributed by atoms with E-state index < -0.39 is 11.6 Å². The number of carbonyl (C=O) groups excluding carboxylic acids is 2. The third kappa shape index (κ3) is 3.67. The van der Waals surface area contributed by atoms with E-state index in [-0.39, 0.29) is 18.5 Å². The number of nitrogens with one attached hydrogen (secondary N) is 1. The van der Waals surface area contributed by atoms with Gasteiger partial charge in [-0.1, -0.05) is 0 Å². The summed E-state index contributed by atoms with van der Waals surface area (Å²) < 4.78 is 4.50. The van der Waals surface area contributed by atoms with Crippen LogP contribution in [0.15, 0.2) is 0 Å². The van der Waals surface area contributed by atoms with Gasteiger partial charge >= 0.3 is 5.97 Å². The fourth-order valence-electron chi connectivity index (χ4n) is 1.81. The van der Waals surface area contributed by atoms with Gasteiger partial charge in [-0.2, -0.15) is 0 Å². The topological polar surface area (TPSA) is 78.9 Å². The van der Waals surface area contributed by atoms with Crippen LogP contribution in [0.25, 0.3) is 0 Å². The normalized spacial score (nSPS) is 24.4. The first kappa shape index (κ1) is 13.9. The summed E-state index contributed by atoms with van der Waals surface area (Å²) in [6.07, 6.45) is 1.22. The number of ether oxygens (including phenoxy) is 1. The first-order valence-corrected chi connectivity index (χ1v) is 5.65. The summed E-state index contributed by atoms with van der Waals surface area (Å²) in [7, 11) is 2.98. The standard InChI is InChI=1S/C11H20N2O4/c1-11(16,10(15)17-3)7-12-8-4-5-9(14)13(2)6-8/h8,12,16H,4-7H2,1-3H3. The lowest BCUT2D eigenvalue weighted by Gasteiger charge is -2.32. The number of likely N-dealkylation sites (N-methyl/N-ethyl adjacent to an activating group) is 1. The molecular weight excluding hydrogens is 224 g/mol. The molecule has 2 atom stereocenters. The number of rotatable bonds is 4. The summed E-state index contributed by atoms with van der Waals surface area (Å²) in [4.78, 5) is 24.2. The first-order chi connectivity index (χ1) is 7.86. The molecule has 0 spiro atoms. The number of amides is 1. The van der Waals surface area contributed by atoms with E-state index in [4.69, 9.17) is 0 Å². The summed E-state index contributed by atoms with van der Waals surface area (Å²) in [6.45, 7) is 2.12. The highest BCUT2D eigenvalue weighted by Crippen LogP contribution is 2.11. The molecule has 1 aliphatic rings. The summed E-state index contributed by atoms with van der Waals surface area (Å²) in [5, 5.41) is 12.9. The molecule has 17 heavy (non-hydrogen) atoms. The van der Waals surface area contributed by atoms with Crippen molar-refractivity contribution in [3.05, 3.63) is 0 Å². The van der Waals surface area contributed by atoms with Gasteiger partial charge in [0, 0.05) is 32.6 Å². The highest BCUT2D eigenvalue weighted by molar-refractivity contribution is 5.79. The summed E-state index contributed by atoms with van der Waals surface area (Å²) in [5.74, 6) is -0.534. The number of aliphatic hydroxyl groups is 1. The molecule has 1 saturated heterocycles. The van der Waals surface area contributed by atoms with E-state index in [0.29, 0.717) is 13.0 Å². The lowest BCUT2D eigenvalue weighted by Crippen LogP contribution is -2.53. The molecule has 0 radical (unpaired) electrons. The van der Waals surface area contributed by atoms with Crippen molar-refractivity contribution < 1.29 is 19.4 Å². The molecule has 6 heteroatoms. The molecule has 0 aromatic heterocycles. The molecule has 6 nitrogen and oxygen atoms in total. The molecule has 0 bridgehead atoms. The van der Waals surface area contributed by atoms with Crippen LogP contribution < -0.4 is 5.32 Å². The van der Waals surface area contributed by atoms with Gasteiger partial charge in [0.25, 0.3) is 0 Å². The maximum Gasteiger partial charge on any atom is 0.338 e. The van der Waals surface area contributed by atoms with Gasteiger partial charge in [0.2, 0.25) is 5.91 Å². The lowest BCUT2D eigenvalue weighted by atomic mass is 10.0. The minimum absolute atomic E-state index is 0.105. The van der Waals surface area contributed by atoms with E-state index in [0.717, 1.165) is 6.42 Å². The monoisotopic (exact) mass is 244 g/mol. The Bertz CT molecular complexity index is 304. The SMILES string of the molecule is COC(=O)C(C)(O)CNC1CCC(=O)N(C)C1. The number of nitrogens with zero attached hydrogens (tertiary/aromatic N) is 1. The van der Waals surface area contributed by atoms with Crippen molar-refractivity contribution in [3.63, 3.8) is 0 Å². The van der Waals surface area contributed by atoms with Gasteiger partial charge in [-0.05, 0) is 13.3 Å². The first-order valence-electron chi connectivity index (χ1n) is 5.65. The van der Waals surface area contributed by atoms with Gasteiger partial charge in [-0.15, -0.1) is 0 Å². The number of hydrogen-bond acceptors (Lipinski definition) is 5. The zero-order valence-corrected chi connectivity index (χ0v) is 10.5. The molecule has 0 aliphatic carbocycles. The Labute approximate surface area is 101 Å². The molecule has 1 fully saturated rings. The van der Waals surface area contributed by atoms with Gasteiger partial charge in [0.1, 0.15) is 0 Å². The third-order valence-corrected chi connectivity index (χ3v) is 2.99. The van der Waals surface area contributed by atoms with Crippen LogP contribution in [0.4, 0.5) is 0 Å². The molecule has 1 rings (SSSR count). The number of likely N-dealkylation sites (tertiary alicyclic amines) is 1. The van der Waals surface area contributed by atoms with Crippen LogP contribution >= 0.6 is 0 Å². The number of carbonyl (C=O) groups is 2. The number of piperidine rings is 1. The molecule has 1 aliphatic heterocycles. The molecule has 0 saturated carbocycles. The molecular formula is C11H20N2O4. The lowest BCUT2D eigenvalue weighted by molar-refractivity contribution is -0.160. The molecule has 1 amide bonds. The minimum atomic E-state index is -1.53. The van der Waals surface area contributed by atoms with E-state index in [2.05, 4.69) is 10.1 Å². The van der Waals surface area contributed by atoms with Crippen molar-refractivity contribution in [1.82, 2.24) is 10.2 Å². The minimum Gasteiger partial charge on any atom is -0.467 e. The summed E-state index contributed by atoms with van der Waals surface area (Å²) in [6, 6.07) is 0.105. The van der Waals surface area contributed by atoms with E-state index in [9.17, 15) is 14.7 Å². The Hall–Kier alpha value is -1.14. The number of methoxy groups -OCH3 is 1. The van der Waals surface area contributed by atoms with Crippen LogP contribution in [0.1, 0.15) is 19.8 Å². The fraction of sp³-hybridized carbons (Fsp3) is 0.818. The zero-order valence-electron chi connectivity index (χ0n) is 10.5. The second kappa shape index (κ2) is 5.46. The van der Waals surface area contributed by atoms with Crippen LogP contribution in [0.2, 0.25) is 0 Å². The second-order valence-corrected chi connectivity index (χ2v) is 4.66. The van der Waals surface area contributed by atoms with Crippen molar-refractivity contribution in [2.24, 2.45) is 0 Å². The van der Waals surface area contributed by atoms with Crippen molar-refractivity contribution in [3.8, 4) is 0 Å². The summed E-state index contributed by atoms with van der Waals surface area (Å²) in [5.41, 5.74) is -1.53. The average Bonchev–Trinajstić information content (AvgIpc) is 2.29. The van der Waals surface area contributed by atoms with Crippen LogP contribution in [-0.2, 0) is 14.3 Å². The van der Waals surface area contributed by atoms with Gasteiger partial charge < -0.3 is 20.1 Å². The predicted octanol–water partition coefficient (Wildman–Crippen LogP) is -0.879. The molecule has 0 aromatic carbocycles. The van der Waals surface area contributed by atoms with E-state index in [1.165, 1.54) is 14.0 Å². The van der Waals surface area contributed by atoms with Crippen molar-refractivity contribution in [2.45, 2.75) is 31.4 Å². The van der Waals surface area contributed by atoms with Crippen molar-refractivity contribution in [2.75, 3.05) is 27.2 Å². The molecule has 2 unspecified atom stereocenters. The summed E-state index contributed by atoms with van der Waals surface area (Å²) >= 11 is 0. The number of esters is 1. The maximum absolute atomic E-state index is 11.3. The Morgan fingerprint density at radius 1 is 1.71 bits per heavy atom. The molecule has 1 heterocycles. The van der Waals surface area contributed by atoms with Crippen LogP contribution in [0.3, 0.4) is 0 Å². The van der Waals surface area contributed by atoms with E-state index in [1.54, 1.807) is 11.9 Å². The Kier molecular flexibility index (Phi) is 4.47. The molecule has 98 valence electrons. The highest BCUT2D eigenvalue weighted by atomic mass is 16.5. The number of hydrogen-bond donors (Lipinski definition) is 2. The quantitative estimate of drug-likeness (QED) is 0.628. The van der Waals surface area contributed by atoms with Crippen molar-refractivity contribution in [1.29, 1.82) is 0 Å². The predicted molar refractivity (Wildman–Crippen MR) is 61.3 cm³/mol. The van der Waals surface area contributed by atoms with Crippen LogP contribution in [0, 0.1) is 0 Å². The Balaban J connectivity index is 2.41. The largest absolute Gasteiger partial charge is 0.467 e. The molecule has 2 N–H and O–H groups in total.